The van der Waals surface area contributed by atoms with Crippen molar-refractivity contribution in [3.05, 3.63) is 33.3 Å². The molecule has 0 bridgehead atoms. The predicted molar refractivity (Wildman–Crippen MR) is 69.2 cm³/mol. The molecule has 9 heteroatoms. The Labute approximate surface area is 109 Å². The van der Waals surface area contributed by atoms with E-state index in [1.54, 1.807) is 6.07 Å². The monoisotopic (exact) mass is 293 g/mol. The van der Waals surface area contributed by atoms with E-state index in [-0.39, 0.29) is 35.1 Å². The first kappa shape index (κ1) is 14.7. The fourth-order valence-corrected chi connectivity index (χ4v) is 2.13. The normalized spacial score (nSPS) is 11.2. The highest BCUT2D eigenvalue weighted by Gasteiger charge is 2.17. The van der Waals surface area contributed by atoms with Crippen LogP contribution < -0.4 is 10.5 Å². The number of para-hydroxylation sites is 1. The zero-order chi connectivity index (χ0) is 13.8. The first-order valence-corrected chi connectivity index (χ1v) is 7.08. The summed E-state index contributed by atoms with van der Waals surface area (Å²) in [6.07, 6.45) is 0.252. The number of nitrogens with zero attached hydrogens (tertiary/aromatic N) is 1. The molecule has 7 nitrogen and oxygen atoms in total. The smallest absolute Gasteiger partial charge is 0.310 e. The minimum absolute atomic E-state index is 0.0245. The van der Waals surface area contributed by atoms with Gasteiger partial charge in [-0.15, -0.1) is 0 Å². The van der Waals surface area contributed by atoms with E-state index < -0.39 is 14.9 Å². The maximum Gasteiger partial charge on any atom is 0.310 e. The van der Waals surface area contributed by atoms with Gasteiger partial charge in [-0.2, -0.15) is 0 Å². The summed E-state index contributed by atoms with van der Waals surface area (Å²) in [4.78, 5) is 10.2. The molecule has 0 radical (unpaired) electrons. The van der Waals surface area contributed by atoms with E-state index in [2.05, 4.69) is 5.32 Å². The number of hydrogen-bond donors (Lipinski definition) is 2. The van der Waals surface area contributed by atoms with Gasteiger partial charge in [0.2, 0.25) is 10.0 Å². The second-order valence-electron chi connectivity index (χ2n) is 3.54. The Bertz CT molecular complexity index is 547. The minimum atomic E-state index is -3.51. The molecule has 3 N–H and O–H groups in total. The molecular formula is C9H12ClN3O4S. The summed E-state index contributed by atoms with van der Waals surface area (Å²) in [7, 11) is -3.51. The summed E-state index contributed by atoms with van der Waals surface area (Å²) in [6, 6.07) is 4.48. The Morgan fingerprint density at radius 3 is 2.67 bits per heavy atom. The van der Waals surface area contributed by atoms with Crippen molar-refractivity contribution in [1.82, 2.24) is 0 Å². The second-order valence-corrected chi connectivity index (χ2v) is 5.68. The number of nitro benzene ring substituents is 1. The number of benzene rings is 1. The summed E-state index contributed by atoms with van der Waals surface area (Å²) in [5.74, 6) is -0.186. The van der Waals surface area contributed by atoms with Crippen molar-refractivity contribution >= 4 is 33.0 Å². The summed E-state index contributed by atoms with van der Waals surface area (Å²) in [5, 5.41) is 18.4. The van der Waals surface area contributed by atoms with Gasteiger partial charge in [-0.25, -0.2) is 13.6 Å². The van der Waals surface area contributed by atoms with Crippen molar-refractivity contribution < 1.29 is 13.3 Å². The Kier molecular flexibility index (Phi) is 4.88. The van der Waals surface area contributed by atoms with Crippen LogP contribution in [0.5, 0.6) is 0 Å². The number of halogens is 1. The van der Waals surface area contributed by atoms with E-state index in [9.17, 15) is 18.5 Å². The molecule has 0 aromatic heterocycles. The number of anilines is 1. The van der Waals surface area contributed by atoms with Crippen molar-refractivity contribution in [3.63, 3.8) is 0 Å². The molecule has 0 saturated carbocycles. The first-order valence-electron chi connectivity index (χ1n) is 4.98. The van der Waals surface area contributed by atoms with Gasteiger partial charge >= 0.3 is 5.69 Å². The number of nitrogens with two attached hydrogens (primary N) is 1. The topological polar surface area (TPSA) is 115 Å². The lowest BCUT2D eigenvalue weighted by atomic mass is 10.2. The van der Waals surface area contributed by atoms with Crippen LogP contribution >= 0.6 is 11.6 Å². The van der Waals surface area contributed by atoms with Crippen molar-refractivity contribution in [2.45, 2.75) is 6.42 Å². The third-order valence-electron chi connectivity index (χ3n) is 2.09. The lowest BCUT2D eigenvalue weighted by Gasteiger charge is -2.07. The molecule has 18 heavy (non-hydrogen) atoms. The Hall–Kier alpha value is -1.38. The van der Waals surface area contributed by atoms with E-state index >= 15 is 0 Å². The fourth-order valence-electron chi connectivity index (χ4n) is 1.34. The maximum atomic E-state index is 10.8. The molecule has 0 unspecified atom stereocenters. The molecule has 0 spiro atoms. The van der Waals surface area contributed by atoms with E-state index in [4.69, 9.17) is 16.7 Å². The number of primary sulfonamides is 1. The van der Waals surface area contributed by atoms with Crippen LogP contribution in [0, 0.1) is 10.1 Å². The van der Waals surface area contributed by atoms with Gasteiger partial charge in [0.05, 0.1) is 10.7 Å². The summed E-state index contributed by atoms with van der Waals surface area (Å²) in [6.45, 7) is 0.248. The molecule has 1 aromatic carbocycles. The largest absolute Gasteiger partial charge is 0.379 e. The molecule has 0 aliphatic rings. The van der Waals surface area contributed by atoms with E-state index in [0.717, 1.165) is 0 Å². The predicted octanol–water partition coefficient (Wildman–Crippen LogP) is 1.34. The van der Waals surface area contributed by atoms with Crippen molar-refractivity contribution in [3.8, 4) is 0 Å². The van der Waals surface area contributed by atoms with Gasteiger partial charge in [0.25, 0.3) is 0 Å². The van der Waals surface area contributed by atoms with Gasteiger partial charge in [0.15, 0.2) is 0 Å². The summed E-state index contributed by atoms with van der Waals surface area (Å²) in [5.41, 5.74) is 0.0247. The van der Waals surface area contributed by atoms with Crippen molar-refractivity contribution in [2.24, 2.45) is 5.14 Å². The van der Waals surface area contributed by atoms with Crippen LogP contribution in [0.15, 0.2) is 18.2 Å². The lowest BCUT2D eigenvalue weighted by Crippen LogP contribution is -2.18. The van der Waals surface area contributed by atoms with Crippen molar-refractivity contribution in [1.29, 1.82) is 0 Å². The van der Waals surface area contributed by atoms with Crippen molar-refractivity contribution in [2.75, 3.05) is 17.6 Å². The van der Waals surface area contributed by atoms with Crippen LogP contribution in [0.1, 0.15) is 6.42 Å². The van der Waals surface area contributed by atoms with Crippen LogP contribution in [-0.2, 0) is 10.0 Å². The highest BCUT2D eigenvalue weighted by Crippen LogP contribution is 2.32. The highest BCUT2D eigenvalue weighted by molar-refractivity contribution is 7.89. The van der Waals surface area contributed by atoms with Crippen LogP contribution in [0.4, 0.5) is 11.4 Å². The molecule has 0 atom stereocenters. The van der Waals surface area contributed by atoms with Gasteiger partial charge in [-0.05, 0) is 18.6 Å². The molecule has 0 heterocycles. The molecule has 1 rings (SSSR count). The maximum absolute atomic E-state index is 10.8. The van der Waals surface area contributed by atoms with E-state index in [1.807, 2.05) is 0 Å². The zero-order valence-corrected chi connectivity index (χ0v) is 10.9. The molecule has 0 aliphatic carbocycles. The molecule has 0 aliphatic heterocycles. The molecule has 0 fully saturated rings. The van der Waals surface area contributed by atoms with Gasteiger partial charge in [-0.1, -0.05) is 17.7 Å². The Morgan fingerprint density at radius 1 is 1.44 bits per heavy atom. The standard InChI is InChI=1S/C9H12ClN3O4S/c10-7-3-1-4-8(9(7)13(14)15)12-5-2-6-18(11,16)17/h1,3-4,12H,2,5-6H2,(H2,11,16,17). The van der Waals surface area contributed by atoms with Crippen LogP contribution in [0.3, 0.4) is 0 Å². The SMILES string of the molecule is NS(=O)(=O)CCCNc1cccc(Cl)c1[N+](=O)[O-]. The molecule has 1 aromatic rings. The zero-order valence-electron chi connectivity index (χ0n) is 9.30. The molecule has 0 amide bonds. The van der Waals surface area contributed by atoms with E-state index in [1.165, 1.54) is 12.1 Å². The summed E-state index contributed by atoms with van der Waals surface area (Å²) >= 11 is 5.71. The van der Waals surface area contributed by atoms with Gasteiger partial charge in [0, 0.05) is 6.54 Å². The molecular weight excluding hydrogens is 282 g/mol. The number of hydrogen-bond acceptors (Lipinski definition) is 5. The number of nitrogens with one attached hydrogen (secondary N) is 1. The third-order valence-corrected chi connectivity index (χ3v) is 3.25. The minimum Gasteiger partial charge on any atom is -0.379 e. The number of nitro groups is 1. The Morgan fingerprint density at radius 2 is 2.11 bits per heavy atom. The average Bonchev–Trinajstić information content (AvgIpc) is 2.22. The second kappa shape index (κ2) is 5.98. The number of rotatable bonds is 6. The lowest BCUT2D eigenvalue weighted by molar-refractivity contribution is -0.383. The molecule has 100 valence electrons. The average molecular weight is 294 g/mol. The quantitative estimate of drug-likeness (QED) is 0.466. The van der Waals surface area contributed by atoms with Gasteiger partial charge < -0.3 is 5.32 Å². The fraction of sp³-hybridized carbons (Fsp3) is 0.333. The Balaban J connectivity index is 2.68. The van der Waals surface area contributed by atoms with Gasteiger partial charge in [0.1, 0.15) is 10.7 Å². The third kappa shape index (κ3) is 4.47. The van der Waals surface area contributed by atoms with Gasteiger partial charge in [-0.3, -0.25) is 10.1 Å². The van der Waals surface area contributed by atoms with Crippen LogP contribution in [0.25, 0.3) is 0 Å². The van der Waals surface area contributed by atoms with E-state index in [0.29, 0.717) is 0 Å². The first-order chi connectivity index (χ1) is 8.31. The van der Waals surface area contributed by atoms with Crippen LogP contribution in [-0.4, -0.2) is 25.6 Å². The number of sulfonamides is 1. The summed E-state index contributed by atoms with van der Waals surface area (Å²) < 4.78 is 21.4. The highest BCUT2D eigenvalue weighted by atomic mass is 35.5. The van der Waals surface area contributed by atoms with Crippen LogP contribution in [0.2, 0.25) is 5.02 Å². The molecule has 0 saturated heterocycles.